The maximum Gasteiger partial charge on any atom is 0.262 e. The Morgan fingerprint density at radius 2 is 1.69 bits per heavy atom. The van der Waals surface area contributed by atoms with Gasteiger partial charge in [-0.2, -0.15) is 0 Å². The van der Waals surface area contributed by atoms with Crippen LogP contribution in [0.4, 0.5) is 5.69 Å². The van der Waals surface area contributed by atoms with Gasteiger partial charge in [0.2, 0.25) is 0 Å². The van der Waals surface area contributed by atoms with Crippen molar-refractivity contribution in [2.75, 3.05) is 11.9 Å². The van der Waals surface area contributed by atoms with Crippen molar-refractivity contribution in [2.45, 2.75) is 60.0 Å². The topological polar surface area (TPSA) is 50.4 Å². The molecule has 2 N–H and O–H groups in total. The van der Waals surface area contributed by atoms with E-state index in [9.17, 15) is 4.79 Å². The molecule has 2 aromatic rings. The fourth-order valence-corrected chi connectivity index (χ4v) is 3.72. The Balaban J connectivity index is 1.98. The van der Waals surface area contributed by atoms with Crippen LogP contribution < -0.4 is 15.4 Å². The van der Waals surface area contributed by atoms with Gasteiger partial charge in [0.25, 0.3) is 5.91 Å². The van der Waals surface area contributed by atoms with Gasteiger partial charge < -0.3 is 15.4 Å². The average Bonchev–Trinajstić information content (AvgIpc) is 2.59. The number of benzene rings is 2. The summed E-state index contributed by atoms with van der Waals surface area (Å²) in [5.41, 5.74) is 3.01. The van der Waals surface area contributed by atoms with Crippen LogP contribution in [0.25, 0.3) is 0 Å². The van der Waals surface area contributed by atoms with E-state index in [0.717, 1.165) is 23.2 Å². The van der Waals surface area contributed by atoms with Crippen molar-refractivity contribution < 1.29 is 9.53 Å². The van der Waals surface area contributed by atoms with E-state index in [1.165, 1.54) is 0 Å². The SMILES string of the molecule is Cc1ccc(NC(=O)COc2ccc(Cl)cc2CNC(C)(C)CC(C)(C)C)cc1. The predicted octanol–water partition coefficient (Wildman–Crippen LogP) is 5.97. The van der Waals surface area contributed by atoms with Crippen LogP contribution in [0.5, 0.6) is 5.75 Å². The zero-order valence-electron chi connectivity index (χ0n) is 18.4. The normalized spacial score (nSPS) is 12.0. The molecule has 0 saturated heterocycles. The summed E-state index contributed by atoms with van der Waals surface area (Å²) < 4.78 is 5.81. The van der Waals surface area contributed by atoms with E-state index in [1.54, 1.807) is 6.07 Å². The lowest BCUT2D eigenvalue weighted by Crippen LogP contribution is -2.41. The maximum atomic E-state index is 12.2. The molecule has 1 amide bonds. The molecule has 2 aromatic carbocycles. The van der Waals surface area contributed by atoms with Crippen molar-refractivity contribution in [2.24, 2.45) is 5.41 Å². The van der Waals surface area contributed by atoms with E-state index in [0.29, 0.717) is 17.3 Å². The molecule has 0 fully saturated rings. The minimum Gasteiger partial charge on any atom is -0.483 e. The van der Waals surface area contributed by atoms with Gasteiger partial charge in [-0.3, -0.25) is 4.79 Å². The number of ether oxygens (including phenoxy) is 1. The number of aryl methyl sites for hydroxylation is 1. The third kappa shape index (κ3) is 8.46. The van der Waals surface area contributed by atoms with Crippen molar-refractivity contribution in [3.05, 3.63) is 58.6 Å². The molecular formula is C24H33ClN2O2. The number of carbonyl (C=O) groups excluding carboxylic acids is 1. The van der Waals surface area contributed by atoms with Crippen LogP contribution in [0.1, 0.15) is 52.2 Å². The van der Waals surface area contributed by atoms with E-state index in [-0.39, 0.29) is 23.5 Å². The van der Waals surface area contributed by atoms with E-state index in [4.69, 9.17) is 16.3 Å². The molecular weight excluding hydrogens is 384 g/mol. The van der Waals surface area contributed by atoms with Crippen molar-refractivity contribution in [1.82, 2.24) is 5.32 Å². The van der Waals surface area contributed by atoms with Crippen molar-refractivity contribution in [1.29, 1.82) is 0 Å². The van der Waals surface area contributed by atoms with Crippen LogP contribution in [-0.2, 0) is 11.3 Å². The summed E-state index contributed by atoms with van der Waals surface area (Å²) in [5, 5.41) is 7.08. The molecule has 0 radical (unpaired) electrons. The summed E-state index contributed by atoms with van der Waals surface area (Å²) in [5.74, 6) is 0.461. The zero-order chi connectivity index (χ0) is 21.7. The Morgan fingerprint density at radius 3 is 2.31 bits per heavy atom. The fraction of sp³-hybridized carbons (Fsp3) is 0.458. The lowest BCUT2D eigenvalue weighted by atomic mass is 9.82. The smallest absolute Gasteiger partial charge is 0.262 e. The number of halogens is 1. The highest BCUT2D eigenvalue weighted by Gasteiger charge is 2.25. The molecule has 0 spiro atoms. The van der Waals surface area contributed by atoms with Gasteiger partial charge in [-0.15, -0.1) is 0 Å². The van der Waals surface area contributed by atoms with E-state index < -0.39 is 0 Å². The largest absolute Gasteiger partial charge is 0.483 e. The molecule has 0 bridgehead atoms. The first-order chi connectivity index (χ1) is 13.4. The number of nitrogens with one attached hydrogen (secondary N) is 2. The summed E-state index contributed by atoms with van der Waals surface area (Å²) >= 11 is 6.19. The Morgan fingerprint density at radius 1 is 1.03 bits per heavy atom. The maximum absolute atomic E-state index is 12.2. The van der Waals surface area contributed by atoms with Crippen LogP contribution in [-0.4, -0.2) is 18.1 Å². The number of anilines is 1. The Labute approximate surface area is 180 Å². The van der Waals surface area contributed by atoms with Crippen LogP contribution in [0.2, 0.25) is 5.02 Å². The van der Waals surface area contributed by atoms with Crippen molar-refractivity contribution in [3.8, 4) is 5.75 Å². The lowest BCUT2D eigenvalue weighted by molar-refractivity contribution is -0.118. The summed E-state index contributed by atoms with van der Waals surface area (Å²) in [6, 6.07) is 13.1. The highest BCUT2D eigenvalue weighted by molar-refractivity contribution is 6.30. The molecule has 0 aromatic heterocycles. The third-order valence-electron chi connectivity index (χ3n) is 4.45. The van der Waals surface area contributed by atoms with E-state index in [2.05, 4.69) is 45.3 Å². The van der Waals surface area contributed by atoms with Gasteiger partial charge in [0.05, 0.1) is 0 Å². The molecule has 29 heavy (non-hydrogen) atoms. The van der Waals surface area contributed by atoms with E-state index in [1.807, 2.05) is 43.3 Å². The fourth-order valence-electron chi connectivity index (χ4n) is 3.53. The first-order valence-corrected chi connectivity index (χ1v) is 10.3. The number of amides is 1. The summed E-state index contributed by atoms with van der Waals surface area (Å²) in [4.78, 5) is 12.2. The molecule has 158 valence electrons. The Bertz CT molecular complexity index is 824. The van der Waals surface area contributed by atoms with Crippen LogP contribution in [0.15, 0.2) is 42.5 Å². The third-order valence-corrected chi connectivity index (χ3v) is 4.68. The molecule has 0 aliphatic rings. The number of carbonyl (C=O) groups is 1. The van der Waals surface area contributed by atoms with Gasteiger partial charge in [0, 0.05) is 28.4 Å². The Kier molecular flexibility index (Phi) is 7.73. The monoisotopic (exact) mass is 416 g/mol. The molecule has 4 nitrogen and oxygen atoms in total. The molecule has 0 aliphatic heterocycles. The molecule has 0 unspecified atom stereocenters. The predicted molar refractivity (Wildman–Crippen MR) is 122 cm³/mol. The number of hydrogen-bond acceptors (Lipinski definition) is 3. The van der Waals surface area contributed by atoms with E-state index >= 15 is 0 Å². The van der Waals surface area contributed by atoms with Gasteiger partial charge >= 0.3 is 0 Å². The number of rotatable bonds is 8. The molecule has 2 rings (SSSR count). The second kappa shape index (κ2) is 9.64. The molecule has 0 aliphatic carbocycles. The minimum atomic E-state index is -0.198. The number of hydrogen-bond donors (Lipinski definition) is 2. The van der Waals surface area contributed by atoms with Crippen molar-refractivity contribution >= 4 is 23.2 Å². The standard InChI is InChI=1S/C24H33ClN2O2/c1-17-7-10-20(11-8-17)27-22(28)15-29-21-12-9-19(25)13-18(21)14-26-24(5,6)16-23(2,3)4/h7-13,26H,14-16H2,1-6H3,(H,27,28). The van der Waals surface area contributed by atoms with Gasteiger partial charge in [-0.25, -0.2) is 0 Å². The quantitative estimate of drug-likeness (QED) is 0.557. The second-order valence-corrected chi connectivity index (χ2v) is 9.87. The minimum absolute atomic E-state index is 0.0410. The first kappa shape index (κ1) is 23.2. The van der Waals surface area contributed by atoms with Gasteiger partial charge in [0.1, 0.15) is 5.75 Å². The Hall–Kier alpha value is -2.04. The lowest BCUT2D eigenvalue weighted by Gasteiger charge is -2.33. The second-order valence-electron chi connectivity index (χ2n) is 9.43. The average molecular weight is 417 g/mol. The summed E-state index contributed by atoms with van der Waals surface area (Å²) in [6.45, 7) is 13.6. The first-order valence-electron chi connectivity index (χ1n) is 9.96. The van der Waals surface area contributed by atoms with Crippen LogP contribution >= 0.6 is 11.6 Å². The highest BCUT2D eigenvalue weighted by Crippen LogP contribution is 2.28. The molecule has 5 heteroatoms. The molecule has 0 heterocycles. The molecule has 0 atom stereocenters. The van der Waals surface area contributed by atoms with Gasteiger partial charge in [-0.05, 0) is 62.9 Å². The van der Waals surface area contributed by atoms with Gasteiger partial charge in [-0.1, -0.05) is 50.1 Å². The molecule has 0 saturated carbocycles. The highest BCUT2D eigenvalue weighted by atomic mass is 35.5. The van der Waals surface area contributed by atoms with Crippen LogP contribution in [0.3, 0.4) is 0 Å². The summed E-state index contributed by atoms with van der Waals surface area (Å²) in [6.07, 6.45) is 1.02. The summed E-state index contributed by atoms with van der Waals surface area (Å²) in [7, 11) is 0. The van der Waals surface area contributed by atoms with Crippen molar-refractivity contribution in [3.63, 3.8) is 0 Å². The zero-order valence-corrected chi connectivity index (χ0v) is 19.1. The van der Waals surface area contributed by atoms with Crippen LogP contribution in [0, 0.1) is 12.3 Å². The van der Waals surface area contributed by atoms with Gasteiger partial charge in [0.15, 0.2) is 6.61 Å².